The summed E-state index contributed by atoms with van der Waals surface area (Å²) >= 11 is 0. The summed E-state index contributed by atoms with van der Waals surface area (Å²) in [6, 6.07) is 5.81. The van der Waals surface area contributed by atoms with Gasteiger partial charge in [0.25, 0.3) is 0 Å². The molecule has 0 aliphatic rings. The maximum absolute atomic E-state index is 11.7. The van der Waals surface area contributed by atoms with Crippen molar-refractivity contribution in [2.24, 2.45) is 5.73 Å². The van der Waals surface area contributed by atoms with E-state index in [1.807, 2.05) is 0 Å². The van der Waals surface area contributed by atoms with Gasteiger partial charge in [0.05, 0.1) is 12.1 Å². The number of esters is 1. The fraction of sp³-hybridized carbons (Fsp3) is 0.333. The first kappa shape index (κ1) is 13.8. The van der Waals surface area contributed by atoms with Crippen molar-refractivity contribution >= 4 is 11.9 Å². The van der Waals surface area contributed by atoms with Crippen LogP contribution in [0.2, 0.25) is 0 Å². The molecule has 1 rings (SSSR count). The van der Waals surface area contributed by atoms with Gasteiger partial charge in [0.1, 0.15) is 11.9 Å². The van der Waals surface area contributed by atoms with Crippen LogP contribution < -0.4 is 5.73 Å². The van der Waals surface area contributed by atoms with E-state index in [1.165, 1.54) is 29.2 Å². The van der Waals surface area contributed by atoms with E-state index in [2.05, 4.69) is 0 Å². The number of hydrogen-bond donors (Lipinski definition) is 3. The number of aromatic hydroxyl groups is 1. The van der Waals surface area contributed by atoms with Gasteiger partial charge in [-0.15, -0.1) is 0 Å². The van der Waals surface area contributed by atoms with Crippen LogP contribution >= 0.6 is 0 Å². The monoisotopic (exact) mass is 251 g/mol. The molecule has 0 saturated carbocycles. The Balaban J connectivity index is 2.54. The van der Waals surface area contributed by atoms with Gasteiger partial charge in [-0.3, -0.25) is 5.41 Å². The van der Waals surface area contributed by atoms with E-state index in [4.69, 9.17) is 21.0 Å². The first-order chi connectivity index (χ1) is 8.40. The Kier molecular flexibility index (Phi) is 4.53. The summed E-state index contributed by atoms with van der Waals surface area (Å²) in [7, 11) is 1.65. The summed E-state index contributed by atoms with van der Waals surface area (Å²) in [4.78, 5) is 13.2. The lowest BCUT2D eigenvalue weighted by Gasteiger charge is -2.21. The number of ether oxygens (including phenoxy) is 1. The maximum Gasteiger partial charge on any atom is 0.338 e. The summed E-state index contributed by atoms with van der Waals surface area (Å²) in [5.41, 5.74) is 5.65. The van der Waals surface area contributed by atoms with Crippen LogP contribution in [0.25, 0.3) is 0 Å². The van der Waals surface area contributed by atoms with E-state index in [0.717, 1.165) is 0 Å². The van der Waals surface area contributed by atoms with Crippen molar-refractivity contribution in [3.05, 3.63) is 29.8 Å². The number of carbonyl (C=O) groups excluding carboxylic acids is 1. The molecule has 0 aromatic heterocycles. The molecular formula is C12H17N3O3. The molecule has 1 unspecified atom stereocenters. The van der Waals surface area contributed by atoms with Crippen molar-refractivity contribution in [1.82, 2.24) is 4.90 Å². The zero-order valence-corrected chi connectivity index (χ0v) is 10.4. The molecule has 0 radical (unpaired) electrons. The van der Waals surface area contributed by atoms with Crippen LogP contribution in [0.4, 0.5) is 0 Å². The molecule has 4 N–H and O–H groups in total. The second kappa shape index (κ2) is 5.90. The Morgan fingerprint density at radius 3 is 2.56 bits per heavy atom. The minimum absolute atomic E-state index is 0.0810. The molecule has 0 saturated heterocycles. The van der Waals surface area contributed by atoms with E-state index in [0.29, 0.717) is 12.1 Å². The van der Waals surface area contributed by atoms with Gasteiger partial charge in [-0.05, 0) is 31.2 Å². The molecule has 0 aliphatic carbocycles. The Labute approximate surface area is 105 Å². The fourth-order valence-corrected chi connectivity index (χ4v) is 1.37. The second-order valence-corrected chi connectivity index (χ2v) is 4.03. The number of phenolic OH excluding ortho intramolecular Hbond substituents is 1. The second-order valence-electron chi connectivity index (χ2n) is 4.03. The minimum Gasteiger partial charge on any atom is -0.508 e. The molecule has 98 valence electrons. The highest BCUT2D eigenvalue weighted by atomic mass is 16.5. The van der Waals surface area contributed by atoms with E-state index < -0.39 is 5.97 Å². The van der Waals surface area contributed by atoms with Crippen molar-refractivity contribution in [3.8, 4) is 5.75 Å². The number of nitrogens with one attached hydrogen (secondary N) is 1. The average Bonchev–Trinajstić information content (AvgIpc) is 2.29. The molecule has 1 atom stereocenters. The van der Waals surface area contributed by atoms with Crippen molar-refractivity contribution < 1.29 is 14.6 Å². The number of rotatable bonds is 4. The lowest BCUT2D eigenvalue weighted by Crippen LogP contribution is -2.39. The number of phenols is 1. The lowest BCUT2D eigenvalue weighted by atomic mass is 10.2. The molecule has 0 amide bonds. The standard InChI is InChI=1S/C12H17N3O3/c1-8(7-15(2)12(13)14)18-11(17)9-3-5-10(16)6-4-9/h3-6,8,16H,7H2,1-2H3,(H3,13,14). The van der Waals surface area contributed by atoms with Crippen LogP contribution in [0.3, 0.4) is 0 Å². The van der Waals surface area contributed by atoms with Gasteiger partial charge in [-0.1, -0.05) is 0 Å². The fourth-order valence-electron chi connectivity index (χ4n) is 1.37. The van der Waals surface area contributed by atoms with E-state index in [1.54, 1.807) is 14.0 Å². The highest BCUT2D eigenvalue weighted by molar-refractivity contribution is 5.89. The average molecular weight is 251 g/mol. The maximum atomic E-state index is 11.7. The predicted molar refractivity (Wildman–Crippen MR) is 67.5 cm³/mol. The Hall–Kier alpha value is -2.24. The van der Waals surface area contributed by atoms with Crippen LogP contribution in [0.5, 0.6) is 5.75 Å². The van der Waals surface area contributed by atoms with Gasteiger partial charge in [-0.25, -0.2) is 4.79 Å². The number of nitrogens with two attached hydrogens (primary N) is 1. The summed E-state index contributed by atoms with van der Waals surface area (Å²) in [6.45, 7) is 2.07. The van der Waals surface area contributed by atoms with Crippen molar-refractivity contribution in [3.63, 3.8) is 0 Å². The molecule has 18 heavy (non-hydrogen) atoms. The molecule has 6 nitrogen and oxygen atoms in total. The molecule has 0 aliphatic heterocycles. The SMILES string of the molecule is CC(CN(C)C(=N)N)OC(=O)c1ccc(O)cc1. The van der Waals surface area contributed by atoms with E-state index in [-0.39, 0.29) is 17.8 Å². The van der Waals surface area contributed by atoms with E-state index in [9.17, 15) is 4.79 Å². The zero-order chi connectivity index (χ0) is 13.7. The van der Waals surface area contributed by atoms with Crippen LogP contribution in [0, 0.1) is 5.41 Å². The topological polar surface area (TPSA) is 99.6 Å². The van der Waals surface area contributed by atoms with Crippen molar-refractivity contribution in [2.75, 3.05) is 13.6 Å². The molecule has 6 heteroatoms. The number of guanidine groups is 1. The molecular weight excluding hydrogens is 234 g/mol. The lowest BCUT2D eigenvalue weighted by molar-refractivity contribution is 0.0307. The van der Waals surface area contributed by atoms with Crippen LogP contribution in [0.1, 0.15) is 17.3 Å². The smallest absolute Gasteiger partial charge is 0.338 e. The third-order valence-corrected chi connectivity index (χ3v) is 2.35. The summed E-state index contributed by atoms with van der Waals surface area (Å²) in [5, 5.41) is 16.3. The van der Waals surface area contributed by atoms with Crippen LogP contribution in [-0.2, 0) is 4.74 Å². The van der Waals surface area contributed by atoms with Gasteiger partial charge < -0.3 is 20.5 Å². The first-order valence-electron chi connectivity index (χ1n) is 5.45. The Bertz CT molecular complexity index is 431. The Morgan fingerprint density at radius 1 is 1.50 bits per heavy atom. The van der Waals surface area contributed by atoms with Gasteiger partial charge in [-0.2, -0.15) is 0 Å². The highest BCUT2D eigenvalue weighted by Crippen LogP contribution is 2.11. The molecule has 0 heterocycles. The van der Waals surface area contributed by atoms with E-state index >= 15 is 0 Å². The van der Waals surface area contributed by atoms with Gasteiger partial charge in [0, 0.05) is 7.05 Å². The van der Waals surface area contributed by atoms with Crippen LogP contribution in [0.15, 0.2) is 24.3 Å². The van der Waals surface area contributed by atoms with Gasteiger partial charge in [0.2, 0.25) is 0 Å². The molecule has 1 aromatic rings. The number of nitrogens with zero attached hydrogens (tertiary/aromatic N) is 1. The van der Waals surface area contributed by atoms with Crippen LogP contribution in [-0.4, -0.2) is 41.6 Å². The molecule has 0 fully saturated rings. The summed E-state index contributed by atoms with van der Waals surface area (Å²) in [6.07, 6.45) is -0.389. The third-order valence-electron chi connectivity index (χ3n) is 2.35. The first-order valence-corrected chi connectivity index (χ1v) is 5.45. The predicted octanol–water partition coefficient (Wildman–Crippen LogP) is 0.763. The Morgan fingerprint density at radius 2 is 2.06 bits per heavy atom. The third kappa shape index (κ3) is 3.97. The molecule has 0 spiro atoms. The van der Waals surface area contributed by atoms with Gasteiger partial charge in [0.15, 0.2) is 5.96 Å². The number of carbonyl (C=O) groups is 1. The molecule has 1 aromatic carbocycles. The highest BCUT2D eigenvalue weighted by Gasteiger charge is 2.14. The van der Waals surface area contributed by atoms with Crippen molar-refractivity contribution in [1.29, 1.82) is 5.41 Å². The summed E-state index contributed by atoms with van der Waals surface area (Å²) < 4.78 is 5.18. The molecule has 0 bridgehead atoms. The quantitative estimate of drug-likeness (QED) is 0.417. The number of benzene rings is 1. The number of hydrogen-bond acceptors (Lipinski definition) is 4. The van der Waals surface area contributed by atoms with Crippen molar-refractivity contribution in [2.45, 2.75) is 13.0 Å². The summed E-state index contributed by atoms with van der Waals surface area (Å²) in [5.74, 6) is -0.460. The normalized spacial score (nSPS) is 11.7. The zero-order valence-electron chi connectivity index (χ0n) is 10.4. The van der Waals surface area contributed by atoms with Gasteiger partial charge >= 0.3 is 5.97 Å². The minimum atomic E-state index is -0.473. The largest absolute Gasteiger partial charge is 0.508 e. The number of likely N-dealkylation sites (N-methyl/N-ethyl adjacent to an activating group) is 1.